The lowest BCUT2D eigenvalue weighted by Gasteiger charge is -2.39. The molecule has 36 heavy (non-hydrogen) atoms. The monoisotopic (exact) mass is 512 g/mol. The van der Waals surface area contributed by atoms with Gasteiger partial charge in [-0.1, -0.05) is 18.2 Å². The predicted molar refractivity (Wildman–Crippen MR) is 137 cm³/mol. The van der Waals surface area contributed by atoms with E-state index in [1.807, 2.05) is 23.1 Å². The molecule has 2 atom stereocenters. The van der Waals surface area contributed by atoms with Crippen molar-refractivity contribution in [2.45, 2.75) is 37.7 Å². The van der Waals surface area contributed by atoms with E-state index in [0.29, 0.717) is 49.5 Å². The molecule has 3 aliphatic rings. The lowest BCUT2D eigenvalue weighted by atomic mass is 9.97. The maximum absolute atomic E-state index is 13.6. The highest BCUT2D eigenvalue weighted by Crippen LogP contribution is 2.36. The van der Waals surface area contributed by atoms with Gasteiger partial charge in [0.1, 0.15) is 5.75 Å². The molecular weight excluding hydrogens is 480 g/mol. The average Bonchev–Trinajstić information content (AvgIpc) is 2.89. The molecule has 2 fully saturated rings. The van der Waals surface area contributed by atoms with Crippen molar-refractivity contribution in [2.24, 2.45) is 5.92 Å². The minimum Gasteiger partial charge on any atom is -0.479 e. The number of anilines is 2. The smallest absolute Gasteiger partial charge is 0.265 e. The number of piperidine rings is 1. The minimum absolute atomic E-state index is 0.0321. The van der Waals surface area contributed by atoms with Crippen molar-refractivity contribution in [1.82, 2.24) is 9.21 Å². The summed E-state index contributed by atoms with van der Waals surface area (Å²) in [7, 11) is -3.84. The van der Waals surface area contributed by atoms with Crippen LogP contribution in [0.1, 0.15) is 25.3 Å². The van der Waals surface area contributed by atoms with Gasteiger partial charge in [-0.15, -0.1) is 0 Å². The van der Waals surface area contributed by atoms with Crippen molar-refractivity contribution in [3.63, 3.8) is 0 Å². The minimum atomic E-state index is -3.84. The van der Waals surface area contributed by atoms with Crippen LogP contribution in [0.25, 0.3) is 0 Å². The Kier molecular flexibility index (Phi) is 6.65. The van der Waals surface area contributed by atoms with Crippen LogP contribution >= 0.6 is 0 Å². The molecule has 2 aromatic carbocycles. The van der Waals surface area contributed by atoms with Gasteiger partial charge in [-0.3, -0.25) is 9.59 Å². The van der Waals surface area contributed by atoms with Crippen LogP contribution in [0.2, 0.25) is 0 Å². The maximum atomic E-state index is 13.6. The van der Waals surface area contributed by atoms with Gasteiger partial charge in [0.05, 0.1) is 16.5 Å². The van der Waals surface area contributed by atoms with Crippen LogP contribution in [-0.4, -0.2) is 74.8 Å². The maximum Gasteiger partial charge on any atom is 0.265 e. The summed E-state index contributed by atoms with van der Waals surface area (Å²) in [4.78, 5) is 29.6. The number of hydrogen-bond donors (Lipinski definition) is 1. The third kappa shape index (κ3) is 4.67. The van der Waals surface area contributed by atoms with E-state index in [4.69, 9.17) is 4.74 Å². The highest BCUT2D eigenvalue weighted by atomic mass is 32.2. The SMILES string of the molecule is Cc1cc2c(cc1S(=O)(=O)N1CCCC(C(=O)N3CCN(c4ccccc4)CC3)C1)OC(C)C(=O)N2. The highest BCUT2D eigenvalue weighted by Gasteiger charge is 2.37. The van der Waals surface area contributed by atoms with Crippen LogP contribution in [0.4, 0.5) is 11.4 Å². The number of rotatable bonds is 4. The summed E-state index contributed by atoms with van der Waals surface area (Å²) in [5.41, 5.74) is 2.14. The fourth-order valence-corrected chi connectivity index (χ4v) is 6.95. The summed E-state index contributed by atoms with van der Waals surface area (Å²) >= 11 is 0. The summed E-state index contributed by atoms with van der Waals surface area (Å²) in [5.74, 6) is -0.248. The van der Waals surface area contributed by atoms with Crippen LogP contribution < -0.4 is 15.0 Å². The standard InChI is InChI=1S/C26H32N4O5S/c1-18-15-22-23(35-19(2)25(31)27-22)16-24(18)36(33,34)30-10-6-7-20(17-30)26(32)29-13-11-28(12-14-29)21-8-4-3-5-9-21/h3-5,8-9,15-16,19-20H,6-7,10-14,17H2,1-2H3,(H,27,31). The van der Waals surface area contributed by atoms with E-state index in [2.05, 4.69) is 22.3 Å². The largest absolute Gasteiger partial charge is 0.479 e. The summed E-state index contributed by atoms with van der Waals surface area (Å²) in [6, 6.07) is 13.3. The molecule has 3 aliphatic heterocycles. The molecule has 0 saturated carbocycles. The van der Waals surface area contributed by atoms with Crippen LogP contribution in [0, 0.1) is 12.8 Å². The Morgan fingerprint density at radius 1 is 1.06 bits per heavy atom. The van der Waals surface area contributed by atoms with E-state index in [-0.39, 0.29) is 29.2 Å². The zero-order valence-electron chi connectivity index (χ0n) is 20.6. The summed E-state index contributed by atoms with van der Waals surface area (Å²) in [6.07, 6.45) is 0.613. The van der Waals surface area contributed by atoms with E-state index in [1.54, 1.807) is 19.9 Å². The van der Waals surface area contributed by atoms with Gasteiger partial charge in [0.2, 0.25) is 15.9 Å². The van der Waals surface area contributed by atoms with Crippen LogP contribution in [0.3, 0.4) is 0 Å². The first-order valence-electron chi connectivity index (χ1n) is 12.4. The molecule has 3 heterocycles. The number of aryl methyl sites for hydroxylation is 1. The van der Waals surface area contributed by atoms with E-state index in [9.17, 15) is 18.0 Å². The fourth-order valence-electron chi connectivity index (χ4n) is 5.20. The van der Waals surface area contributed by atoms with Gasteiger partial charge in [0.15, 0.2) is 6.10 Å². The van der Waals surface area contributed by atoms with E-state index < -0.39 is 16.1 Å². The number of ether oxygens (including phenoxy) is 1. The van der Waals surface area contributed by atoms with Gasteiger partial charge >= 0.3 is 0 Å². The molecule has 2 aromatic rings. The number of carbonyl (C=O) groups excluding carboxylic acids is 2. The number of fused-ring (bicyclic) bond motifs is 1. The first kappa shape index (κ1) is 24.6. The molecule has 192 valence electrons. The number of hydrogen-bond acceptors (Lipinski definition) is 6. The Hall–Kier alpha value is -3.11. The topological polar surface area (TPSA) is 99.3 Å². The number of carbonyl (C=O) groups is 2. The van der Waals surface area contributed by atoms with Gasteiger partial charge in [-0.25, -0.2) is 8.42 Å². The molecule has 0 bridgehead atoms. The van der Waals surface area contributed by atoms with Crippen molar-refractivity contribution in [3.8, 4) is 5.75 Å². The molecule has 5 rings (SSSR count). The van der Waals surface area contributed by atoms with Crippen LogP contribution in [0.15, 0.2) is 47.4 Å². The van der Waals surface area contributed by atoms with Gasteiger partial charge in [0, 0.05) is 51.0 Å². The second-order valence-corrected chi connectivity index (χ2v) is 11.6. The number of amides is 2. The Bertz CT molecular complexity index is 1260. The fraction of sp³-hybridized carbons (Fsp3) is 0.462. The number of nitrogens with one attached hydrogen (secondary N) is 1. The quantitative estimate of drug-likeness (QED) is 0.676. The van der Waals surface area contributed by atoms with E-state index in [0.717, 1.165) is 18.8 Å². The third-order valence-corrected chi connectivity index (χ3v) is 9.28. The molecule has 10 heteroatoms. The normalized spacial score (nSPS) is 23.0. The van der Waals surface area contributed by atoms with Gasteiger partial charge < -0.3 is 19.9 Å². The molecule has 0 radical (unpaired) electrons. The van der Waals surface area contributed by atoms with Gasteiger partial charge in [0.25, 0.3) is 5.91 Å². The molecule has 1 N–H and O–H groups in total. The Morgan fingerprint density at radius 3 is 2.50 bits per heavy atom. The Balaban J connectivity index is 1.27. The van der Waals surface area contributed by atoms with Crippen molar-refractivity contribution >= 4 is 33.2 Å². The van der Waals surface area contributed by atoms with E-state index in [1.165, 1.54) is 10.4 Å². The molecule has 2 amide bonds. The zero-order chi connectivity index (χ0) is 25.4. The lowest BCUT2D eigenvalue weighted by molar-refractivity contribution is -0.137. The first-order chi connectivity index (χ1) is 17.2. The molecule has 0 aliphatic carbocycles. The molecular formula is C26H32N4O5S. The number of nitrogens with zero attached hydrogens (tertiary/aromatic N) is 3. The Labute approximate surface area is 212 Å². The average molecular weight is 513 g/mol. The second kappa shape index (κ2) is 9.74. The number of benzene rings is 2. The van der Waals surface area contributed by atoms with Crippen molar-refractivity contribution in [2.75, 3.05) is 49.5 Å². The molecule has 0 spiro atoms. The Morgan fingerprint density at radius 2 is 1.78 bits per heavy atom. The molecule has 0 aromatic heterocycles. The lowest BCUT2D eigenvalue weighted by Crippen LogP contribution is -2.53. The van der Waals surface area contributed by atoms with Gasteiger partial charge in [-0.2, -0.15) is 4.31 Å². The summed E-state index contributed by atoms with van der Waals surface area (Å²) < 4.78 is 34.3. The predicted octanol–water partition coefficient (Wildman–Crippen LogP) is 2.46. The number of sulfonamides is 1. The van der Waals surface area contributed by atoms with Crippen LogP contribution in [-0.2, 0) is 19.6 Å². The number of para-hydroxylation sites is 1. The highest BCUT2D eigenvalue weighted by molar-refractivity contribution is 7.89. The first-order valence-corrected chi connectivity index (χ1v) is 13.9. The van der Waals surface area contributed by atoms with Crippen LogP contribution in [0.5, 0.6) is 5.75 Å². The zero-order valence-corrected chi connectivity index (χ0v) is 21.5. The molecule has 2 unspecified atom stereocenters. The summed E-state index contributed by atoms with van der Waals surface area (Å²) in [6.45, 7) is 6.64. The van der Waals surface area contributed by atoms with Crippen molar-refractivity contribution in [3.05, 3.63) is 48.0 Å². The molecule has 9 nitrogen and oxygen atoms in total. The van der Waals surface area contributed by atoms with Crippen molar-refractivity contribution in [1.29, 1.82) is 0 Å². The van der Waals surface area contributed by atoms with Gasteiger partial charge in [-0.05, 0) is 50.5 Å². The molecule has 2 saturated heterocycles. The third-order valence-electron chi connectivity index (χ3n) is 7.27. The van der Waals surface area contributed by atoms with Crippen molar-refractivity contribution < 1.29 is 22.7 Å². The number of piperazine rings is 1. The summed E-state index contributed by atoms with van der Waals surface area (Å²) in [5, 5.41) is 2.75. The van der Waals surface area contributed by atoms with E-state index >= 15 is 0 Å². The second-order valence-electron chi connectivity index (χ2n) is 9.71.